The lowest BCUT2D eigenvalue weighted by molar-refractivity contribution is -0.137. The smallest absolute Gasteiger partial charge is 0.304 e. The Morgan fingerprint density at radius 3 is 2.48 bits per heavy atom. The number of amides is 1. The molecule has 1 rings (SSSR count). The topological polar surface area (TPSA) is 116 Å². The zero-order valence-corrected chi connectivity index (χ0v) is 12.5. The molecule has 0 aromatic heterocycles. The number of aliphatic carboxylic acids is 1. The van der Waals surface area contributed by atoms with Gasteiger partial charge in [0.25, 0.3) is 5.91 Å². The van der Waals surface area contributed by atoms with Gasteiger partial charge in [0.1, 0.15) is 0 Å². The van der Waals surface area contributed by atoms with Crippen molar-refractivity contribution in [3.8, 4) is 0 Å². The van der Waals surface area contributed by atoms with Crippen LogP contribution in [0.1, 0.15) is 16.8 Å². The van der Waals surface area contributed by atoms with E-state index in [9.17, 15) is 18.0 Å². The molecule has 9 heteroatoms. The predicted molar refractivity (Wildman–Crippen MR) is 77.3 cm³/mol. The first-order chi connectivity index (χ1) is 9.77. The molecule has 0 radical (unpaired) electrons. The van der Waals surface area contributed by atoms with Crippen LogP contribution in [0, 0.1) is 0 Å². The van der Waals surface area contributed by atoms with Gasteiger partial charge in [0.15, 0.2) is 0 Å². The lowest BCUT2D eigenvalue weighted by Gasteiger charge is -2.18. The molecule has 1 aromatic rings. The molecule has 0 unspecified atom stereocenters. The number of benzene rings is 1. The van der Waals surface area contributed by atoms with Gasteiger partial charge in [-0.25, -0.2) is 0 Å². The van der Waals surface area contributed by atoms with Crippen LogP contribution in [-0.4, -0.2) is 50.3 Å². The van der Waals surface area contributed by atoms with E-state index in [4.69, 9.17) is 5.11 Å². The summed E-state index contributed by atoms with van der Waals surface area (Å²) >= 11 is 0. The number of carbonyl (C=O) groups is 2. The highest BCUT2D eigenvalue weighted by molar-refractivity contribution is 7.90. The summed E-state index contributed by atoms with van der Waals surface area (Å²) in [6, 6.07) is 6.12. The second kappa shape index (κ2) is 7.04. The maximum Gasteiger partial charge on any atom is 0.304 e. The summed E-state index contributed by atoms with van der Waals surface area (Å²) in [6.07, 6.45) is -0.311. The van der Waals surface area contributed by atoms with Crippen LogP contribution in [0.2, 0.25) is 0 Å². The number of para-hydroxylation sites is 1. The standard InChI is InChI=1S/C12H17N3O5S/c1-13-12(18)9-5-3-4-6-10(9)14-21(19,20)15(2)8-7-11(16)17/h3-6,14H,7-8H2,1-2H3,(H,13,18)(H,16,17). The molecule has 3 N–H and O–H groups in total. The van der Waals surface area contributed by atoms with Crippen LogP contribution in [0.25, 0.3) is 0 Å². The summed E-state index contributed by atoms with van der Waals surface area (Å²) in [5.74, 6) is -1.52. The van der Waals surface area contributed by atoms with Crippen LogP contribution in [0.4, 0.5) is 5.69 Å². The quantitative estimate of drug-likeness (QED) is 0.660. The first-order valence-corrected chi connectivity index (χ1v) is 7.49. The molecular formula is C12H17N3O5S. The Hall–Kier alpha value is -2.13. The summed E-state index contributed by atoms with van der Waals surface area (Å²) < 4.78 is 27.3. The fraction of sp³-hybridized carbons (Fsp3) is 0.333. The van der Waals surface area contributed by atoms with Gasteiger partial charge < -0.3 is 10.4 Å². The lowest BCUT2D eigenvalue weighted by atomic mass is 10.2. The van der Waals surface area contributed by atoms with Gasteiger partial charge in [-0.2, -0.15) is 12.7 Å². The van der Waals surface area contributed by atoms with Crippen molar-refractivity contribution in [2.24, 2.45) is 0 Å². The Balaban J connectivity index is 2.94. The van der Waals surface area contributed by atoms with E-state index in [2.05, 4.69) is 10.0 Å². The number of carbonyl (C=O) groups excluding carboxylic acids is 1. The van der Waals surface area contributed by atoms with Crippen LogP contribution < -0.4 is 10.0 Å². The zero-order valence-electron chi connectivity index (χ0n) is 11.7. The second-order valence-corrected chi connectivity index (χ2v) is 5.97. The third kappa shape index (κ3) is 4.72. The molecule has 21 heavy (non-hydrogen) atoms. The fourth-order valence-electron chi connectivity index (χ4n) is 1.49. The number of anilines is 1. The summed E-state index contributed by atoms with van der Waals surface area (Å²) in [5, 5.41) is 11.0. The number of carboxylic acid groups (broad SMARTS) is 1. The van der Waals surface area contributed by atoms with Gasteiger partial charge in [0.05, 0.1) is 17.7 Å². The number of hydrogen-bond donors (Lipinski definition) is 3. The number of carboxylic acids is 1. The maximum atomic E-state index is 12.1. The largest absolute Gasteiger partial charge is 0.481 e. The van der Waals surface area contributed by atoms with Crippen LogP contribution in [0.5, 0.6) is 0 Å². The van der Waals surface area contributed by atoms with Gasteiger partial charge in [-0.05, 0) is 12.1 Å². The minimum absolute atomic E-state index is 0.124. The Morgan fingerprint density at radius 1 is 1.29 bits per heavy atom. The molecule has 0 aliphatic rings. The van der Waals surface area contributed by atoms with Crippen LogP contribution in [0.15, 0.2) is 24.3 Å². The first kappa shape index (κ1) is 16.9. The highest BCUT2D eigenvalue weighted by Crippen LogP contribution is 2.17. The summed E-state index contributed by atoms with van der Waals surface area (Å²) in [7, 11) is -1.24. The Bertz CT molecular complexity index is 630. The van der Waals surface area contributed by atoms with E-state index in [0.29, 0.717) is 0 Å². The van der Waals surface area contributed by atoms with E-state index in [1.165, 1.54) is 26.2 Å². The van der Waals surface area contributed by atoms with Crippen molar-refractivity contribution in [2.45, 2.75) is 6.42 Å². The molecule has 0 saturated heterocycles. The van der Waals surface area contributed by atoms with Crippen molar-refractivity contribution in [1.82, 2.24) is 9.62 Å². The van der Waals surface area contributed by atoms with Gasteiger partial charge in [-0.1, -0.05) is 12.1 Å². The molecule has 116 valence electrons. The van der Waals surface area contributed by atoms with Gasteiger partial charge in [-0.15, -0.1) is 0 Å². The molecular weight excluding hydrogens is 298 g/mol. The molecule has 0 saturated carbocycles. The molecule has 1 aromatic carbocycles. The molecule has 0 spiro atoms. The molecule has 0 fully saturated rings. The number of rotatable bonds is 7. The van der Waals surface area contributed by atoms with Gasteiger partial charge in [0, 0.05) is 20.6 Å². The average Bonchev–Trinajstić information content (AvgIpc) is 2.43. The molecule has 0 bridgehead atoms. The van der Waals surface area contributed by atoms with Gasteiger partial charge >= 0.3 is 16.2 Å². The number of nitrogens with zero attached hydrogens (tertiary/aromatic N) is 1. The number of hydrogen-bond acceptors (Lipinski definition) is 4. The molecule has 0 aliphatic carbocycles. The van der Waals surface area contributed by atoms with E-state index in [1.807, 2.05) is 0 Å². The Morgan fingerprint density at radius 2 is 1.90 bits per heavy atom. The van der Waals surface area contributed by atoms with E-state index in [0.717, 1.165) is 4.31 Å². The zero-order chi connectivity index (χ0) is 16.0. The second-order valence-electron chi connectivity index (χ2n) is 4.20. The first-order valence-electron chi connectivity index (χ1n) is 6.05. The van der Waals surface area contributed by atoms with Crippen molar-refractivity contribution in [3.63, 3.8) is 0 Å². The van der Waals surface area contributed by atoms with E-state index >= 15 is 0 Å². The Labute approximate surface area is 122 Å². The summed E-state index contributed by atoms with van der Waals surface area (Å²) in [5.41, 5.74) is 0.300. The van der Waals surface area contributed by atoms with E-state index in [1.54, 1.807) is 12.1 Å². The van der Waals surface area contributed by atoms with Crippen molar-refractivity contribution < 1.29 is 23.1 Å². The lowest BCUT2D eigenvalue weighted by Crippen LogP contribution is -2.34. The number of nitrogens with one attached hydrogen (secondary N) is 2. The summed E-state index contributed by atoms with van der Waals surface area (Å²) in [6.45, 7) is -0.174. The SMILES string of the molecule is CNC(=O)c1ccccc1NS(=O)(=O)N(C)CCC(=O)O. The molecule has 0 heterocycles. The summed E-state index contributed by atoms with van der Waals surface area (Å²) in [4.78, 5) is 22.1. The third-order valence-corrected chi connectivity index (χ3v) is 4.17. The molecule has 1 amide bonds. The minimum Gasteiger partial charge on any atom is -0.481 e. The Kier molecular flexibility index (Phi) is 5.68. The molecule has 0 atom stereocenters. The maximum absolute atomic E-state index is 12.1. The molecule has 8 nitrogen and oxygen atoms in total. The minimum atomic E-state index is -3.93. The van der Waals surface area contributed by atoms with Crippen molar-refractivity contribution >= 4 is 27.8 Å². The normalized spacial score (nSPS) is 11.2. The third-order valence-electron chi connectivity index (χ3n) is 2.69. The van der Waals surface area contributed by atoms with Crippen LogP contribution in [0.3, 0.4) is 0 Å². The highest BCUT2D eigenvalue weighted by Gasteiger charge is 2.20. The van der Waals surface area contributed by atoms with Crippen molar-refractivity contribution in [2.75, 3.05) is 25.4 Å². The predicted octanol–water partition coefficient (Wildman–Crippen LogP) is 0.109. The van der Waals surface area contributed by atoms with Gasteiger partial charge in [0.2, 0.25) is 0 Å². The van der Waals surface area contributed by atoms with E-state index in [-0.39, 0.29) is 24.2 Å². The van der Waals surface area contributed by atoms with Crippen LogP contribution in [-0.2, 0) is 15.0 Å². The van der Waals surface area contributed by atoms with Gasteiger partial charge in [-0.3, -0.25) is 14.3 Å². The van der Waals surface area contributed by atoms with Crippen molar-refractivity contribution in [3.05, 3.63) is 29.8 Å². The fourth-order valence-corrected chi connectivity index (χ4v) is 2.44. The van der Waals surface area contributed by atoms with Crippen molar-refractivity contribution in [1.29, 1.82) is 0 Å². The highest BCUT2D eigenvalue weighted by atomic mass is 32.2. The average molecular weight is 315 g/mol. The monoisotopic (exact) mass is 315 g/mol. The van der Waals surface area contributed by atoms with Crippen LogP contribution >= 0.6 is 0 Å². The van der Waals surface area contributed by atoms with E-state index < -0.39 is 22.1 Å². The molecule has 0 aliphatic heterocycles.